The van der Waals surface area contributed by atoms with E-state index in [1.807, 2.05) is 18.2 Å². The Morgan fingerprint density at radius 2 is 1.56 bits per heavy atom. The number of imide groups is 2. The molecule has 178 valence electrons. The summed E-state index contributed by atoms with van der Waals surface area (Å²) in [6, 6.07) is 20.9. The molecule has 1 N–H and O–H groups in total. The van der Waals surface area contributed by atoms with Gasteiger partial charge in [0.1, 0.15) is 29.6 Å². The van der Waals surface area contributed by atoms with Crippen molar-refractivity contribution in [1.82, 2.24) is 5.32 Å². The van der Waals surface area contributed by atoms with E-state index in [0.29, 0.717) is 27.2 Å². The van der Waals surface area contributed by atoms with Gasteiger partial charge in [-0.15, -0.1) is 0 Å². The van der Waals surface area contributed by atoms with Gasteiger partial charge in [0.2, 0.25) is 0 Å². The highest BCUT2D eigenvalue weighted by atomic mass is 19.1. The minimum atomic E-state index is -1.04. The molecule has 0 aliphatic carbocycles. The van der Waals surface area contributed by atoms with Crippen molar-refractivity contribution in [2.45, 2.75) is 6.61 Å². The van der Waals surface area contributed by atoms with Gasteiger partial charge in [0.15, 0.2) is 0 Å². The van der Waals surface area contributed by atoms with E-state index >= 15 is 0 Å². The number of halogens is 2. The fourth-order valence-corrected chi connectivity index (χ4v) is 3.95. The summed E-state index contributed by atoms with van der Waals surface area (Å²) in [5.74, 6) is -2.67. The lowest BCUT2D eigenvalue weighted by Crippen LogP contribution is -2.54. The summed E-state index contributed by atoms with van der Waals surface area (Å²) in [7, 11) is 0. The molecule has 0 radical (unpaired) electrons. The van der Waals surface area contributed by atoms with Crippen molar-refractivity contribution in [2.75, 3.05) is 4.90 Å². The molecule has 4 aromatic carbocycles. The second kappa shape index (κ2) is 9.42. The molecule has 0 bridgehead atoms. The van der Waals surface area contributed by atoms with Crippen LogP contribution < -0.4 is 15.0 Å². The number of para-hydroxylation sites is 1. The summed E-state index contributed by atoms with van der Waals surface area (Å²) in [6.45, 7) is 0.106. The zero-order chi connectivity index (χ0) is 25.2. The normalized spacial score (nSPS) is 14.9. The number of urea groups is 1. The van der Waals surface area contributed by atoms with Crippen molar-refractivity contribution < 1.29 is 27.9 Å². The van der Waals surface area contributed by atoms with Crippen molar-refractivity contribution in [3.63, 3.8) is 0 Å². The van der Waals surface area contributed by atoms with E-state index in [1.165, 1.54) is 36.4 Å². The maximum atomic E-state index is 14.4. The number of nitrogens with one attached hydrogen (secondary N) is 1. The van der Waals surface area contributed by atoms with Gasteiger partial charge in [0.05, 0.1) is 5.69 Å². The number of benzene rings is 4. The van der Waals surface area contributed by atoms with Gasteiger partial charge in [-0.25, -0.2) is 18.5 Å². The molecule has 6 nitrogen and oxygen atoms in total. The predicted octanol–water partition coefficient (Wildman–Crippen LogP) is 5.36. The van der Waals surface area contributed by atoms with E-state index < -0.39 is 23.7 Å². The van der Waals surface area contributed by atoms with Crippen LogP contribution in [0.5, 0.6) is 5.75 Å². The predicted molar refractivity (Wildman–Crippen MR) is 130 cm³/mol. The first kappa shape index (κ1) is 22.9. The standard InChI is InChI=1S/C28H18F2N2O4/c29-19-12-9-17(10-13-19)16-36-25-14-11-18-5-1-2-6-20(18)21(25)15-22-26(33)31-28(35)32(27(22)34)24-8-4-3-7-23(24)30/h1-15H,16H2,(H,31,33,35)/b22-15-. The lowest BCUT2D eigenvalue weighted by atomic mass is 9.99. The molecule has 1 heterocycles. The number of ether oxygens (including phenoxy) is 1. The van der Waals surface area contributed by atoms with Gasteiger partial charge in [-0.2, -0.15) is 0 Å². The second-order valence-electron chi connectivity index (χ2n) is 8.02. The summed E-state index contributed by atoms with van der Waals surface area (Å²) in [5.41, 5.74) is 0.507. The van der Waals surface area contributed by atoms with Crippen LogP contribution in [-0.4, -0.2) is 17.8 Å². The fraction of sp³-hybridized carbons (Fsp3) is 0.0357. The number of hydrogen-bond donors (Lipinski definition) is 1. The van der Waals surface area contributed by atoms with E-state index in [0.717, 1.165) is 11.5 Å². The zero-order valence-corrected chi connectivity index (χ0v) is 18.7. The highest BCUT2D eigenvalue weighted by Crippen LogP contribution is 2.32. The number of rotatable bonds is 5. The first-order valence-corrected chi connectivity index (χ1v) is 11.0. The van der Waals surface area contributed by atoms with Gasteiger partial charge in [-0.3, -0.25) is 14.9 Å². The summed E-state index contributed by atoms with van der Waals surface area (Å²) in [5, 5.41) is 3.62. The lowest BCUT2D eigenvalue weighted by Gasteiger charge is -2.26. The maximum absolute atomic E-state index is 14.4. The minimum Gasteiger partial charge on any atom is -0.488 e. The molecule has 0 atom stereocenters. The summed E-state index contributed by atoms with van der Waals surface area (Å²) >= 11 is 0. The largest absolute Gasteiger partial charge is 0.488 e. The number of amides is 4. The molecule has 1 aliphatic heterocycles. The Morgan fingerprint density at radius 1 is 0.833 bits per heavy atom. The van der Waals surface area contributed by atoms with Gasteiger partial charge >= 0.3 is 6.03 Å². The first-order chi connectivity index (χ1) is 17.4. The highest BCUT2D eigenvalue weighted by molar-refractivity contribution is 6.39. The van der Waals surface area contributed by atoms with Crippen LogP contribution in [0.4, 0.5) is 19.3 Å². The monoisotopic (exact) mass is 484 g/mol. The van der Waals surface area contributed by atoms with E-state index in [2.05, 4.69) is 5.32 Å². The smallest absolute Gasteiger partial charge is 0.336 e. The van der Waals surface area contributed by atoms with Crippen LogP contribution in [0.15, 0.2) is 90.5 Å². The van der Waals surface area contributed by atoms with Crippen molar-refractivity contribution in [2.24, 2.45) is 0 Å². The average molecular weight is 484 g/mol. The van der Waals surface area contributed by atoms with Crippen molar-refractivity contribution in [3.8, 4) is 5.75 Å². The Kier molecular flexibility index (Phi) is 6.00. The maximum Gasteiger partial charge on any atom is 0.336 e. The molecule has 4 aromatic rings. The van der Waals surface area contributed by atoms with E-state index in [9.17, 15) is 23.2 Å². The number of nitrogens with zero attached hydrogens (tertiary/aromatic N) is 1. The molecule has 36 heavy (non-hydrogen) atoms. The third-order valence-corrected chi connectivity index (χ3v) is 5.72. The van der Waals surface area contributed by atoms with Gasteiger partial charge < -0.3 is 4.74 Å². The van der Waals surface area contributed by atoms with Crippen molar-refractivity contribution in [3.05, 3.63) is 113 Å². The summed E-state index contributed by atoms with van der Waals surface area (Å²) in [6.07, 6.45) is 1.33. The molecule has 1 aliphatic rings. The van der Waals surface area contributed by atoms with Crippen LogP contribution in [0.1, 0.15) is 11.1 Å². The highest BCUT2D eigenvalue weighted by Gasteiger charge is 2.38. The third-order valence-electron chi connectivity index (χ3n) is 5.72. The van der Waals surface area contributed by atoms with E-state index in [-0.39, 0.29) is 23.7 Å². The Morgan fingerprint density at radius 3 is 2.33 bits per heavy atom. The Balaban J connectivity index is 1.59. The second-order valence-corrected chi connectivity index (χ2v) is 8.02. The zero-order valence-electron chi connectivity index (χ0n) is 18.7. The minimum absolute atomic E-state index is 0.106. The number of barbiturate groups is 1. The van der Waals surface area contributed by atoms with Crippen molar-refractivity contribution >= 4 is 40.4 Å². The number of anilines is 1. The van der Waals surface area contributed by atoms with Gasteiger partial charge in [-0.05, 0) is 52.7 Å². The SMILES string of the molecule is O=C1NC(=O)N(c2ccccc2F)C(=O)/C1=C\c1c(OCc2ccc(F)cc2)ccc2ccccc12. The van der Waals surface area contributed by atoms with Gasteiger partial charge in [0, 0.05) is 5.56 Å². The van der Waals surface area contributed by atoms with Gasteiger partial charge in [0.25, 0.3) is 11.8 Å². The molecular formula is C28H18F2N2O4. The molecule has 0 aromatic heterocycles. The van der Waals surface area contributed by atoms with Crippen molar-refractivity contribution in [1.29, 1.82) is 0 Å². The number of carbonyl (C=O) groups excluding carboxylic acids is 3. The van der Waals surface area contributed by atoms with E-state index in [4.69, 9.17) is 4.74 Å². The molecule has 0 saturated carbocycles. The molecular weight excluding hydrogens is 466 g/mol. The quantitative estimate of drug-likeness (QED) is 0.306. The average Bonchev–Trinajstić information content (AvgIpc) is 2.87. The molecule has 8 heteroatoms. The van der Waals surface area contributed by atoms with Crippen LogP contribution in [0.25, 0.3) is 16.8 Å². The Labute approximate surface area is 204 Å². The lowest BCUT2D eigenvalue weighted by molar-refractivity contribution is -0.122. The molecule has 0 unspecified atom stereocenters. The van der Waals surface area contributed by atoms with Gasteiger partial charge in [-0.1, -0.05) is 54.6 Å². The topological polar surface area (TPSA) is 75.7 Å². The Bertz CT molecular complexity index is 1550. The molecule has 5 rings (SSSR count). The van der Waals surface area contributed by atoms with Crippen LogP contribution in [-0.2, 0) is 16.2 Å². The van der Waals surface area contributed by atoms with E-state index in [1.54, 1.807) is 30.3 Å². The number of fused-ring (bicyclic) bond motifs is 1. The van der Waals surface area contributed by atoms with Crippen LogP contribution in [0.2, 0.25) is 0 Å². The molecule has 1 fully saturated rings. The third kappa shape index (κ3) is 4.32. The number of carbonyl (C=O) groups is 3. The summed E-state index contributed by atoms with van der Waals surface area (Å²) in [4.78, 5) is 39.1. The molecule has 1 saturated heterocycles. The number of hydrogen-bond acceptors (Lipinski definition) is 4. The van der Waals surface area contributed by atoms with Crippen LogP contribution >= 0.6 is 0 Å². The summed E-state index contributed by atoms with van der Waals surface area (Å²) < 4.78 is 33.7. The Hall–Kier alpha value is -4.85. The van der Waals surface area contributed by atoms with Crippen LogP contribution in [0, 0.1) is 11.6 Å². The molecule has 0 spiro atoms. The fourth-order valence-electron chi connectivity index (χ4n) is 3.95. The first-order valence-electron chi connectivity index (χ1n) is 11.0. The van der Waals surface area contributed by atoms with Crippen LogP contribution in [0.3, 0.4) is 0 Å². The molecule has 4 amide bonds.